The zero-order chi connectivity index (χ0) is 22.1. The summed E-state index contributed by atoms with van der Waals surface area (Å²) in [6.07, 6.45) is 0. The molecular weight excluding hydrogens is 442 g/mol. The van der Waals surface area contributed by atoms with E-state index in [-0.39, 0.29) is 17.8 Å². The number of aryl methyl sites for hydroxylation is 1. The van der Waals surface area contributed by atoms with Crippen LogP contribution in [0.1, 0.15) is 58.4 Å². The minimum Gasteiger partial charge on any atom is -0.454 e. The molecule has 0 atom stereocenters. The number of nitrogens with zero attached hydrogens (tertiary/aromatic N) is 1. The summed E-state index contributed by atoms with van der Waals surface area (Å²) in [5.74, 6) is -0.711. The Morgan fingerprint density at radius 3 is 2.13 bits per heavy atom. The van der Waals surface area contributed by atoms with Crippen LogP contribution in [0.4, 0.5) is 0 Å². The molecule has 0 aliphatic rings. The van der Waals surface area contributed by atoms with E-state index in [1.807, 2.05) is 60.9 Å². The number of halogens is 1. The number of hydrogen-bond acceptors (Lipinski definition) is 3. The first-order valence-corrected chi connectivity index (χ1v) is 10.6. The van der Waals surface area contributed by atoms with Crippen molar-refractivity contribution in [3.05, 3.63) is 87.1 Å². The van der Waals surface area contributed by atoms with Crippen LogP contribution in [0.3, 0.4) is 0 Å². The molecule has 0 saturated heterocycles. The standard InChI is InChI=1S/C25H26BrNO3/c1-16-14-22(17(2)27(16)21-12-10-20(26)11-13-21)23(28)15-30-24(29)18-6-8-19(9-7-18)25(3,4)5/h6-14H,15H2,1-5H3. The predicted molar refractivity (Wildman–Crippen MR) is 123 cm³/mol. The molecule has 0 N–H and O–H groups in total. The number of ketones is 1. The monoisotopic (exact) mass is 467 g/mol. The fourth-order valence-corrected chi connectivity index (χ4v) is 3.70. The molecule has 156 valence electrons. The Morgan fingerprint density at radius 2 is 1.57 bits per heavy atom. The van der Waals surface area contributed by atoms with Crippen LogP contribution in [-0.2, 0) is 10.2 Å². The highest BCUT2D eigenvalue weighted by atomic mass is 79.9. The third-order valence-corrected chi connectivity index (χ3v) is 5.67. The quantitative estimate of drug-likeness (QED) is 0.331. The zero-order valence-corrected chi connectivity index (χ0v) is 19.5. The van der Waals surface area contributed by atoms with E-state index in [0.717, 1.165) is 27.1 Å². The molecule has 3 aromatic rings. The van der Waals surface area contributed by atoms with E-state index in [2.05, 4.69) is 36.7 Å². The minimum atomic E-state index is -0.495. The number of carbonyl (C=O) groups excluding carboxylic acids is 2. The third-order valence-electron chi connectivity index (χ3n) is 5.14. The smallest absolute Gasteiger partial charge is 0.338 e. The number of ether oxygens (including phenoxy) is 1. The molecule has 0 saturated carbocycles. The lowest BCUT2D eigenvalue weighted by molar-refractivity contribution is 0.0474. The highest BCUT2D eigenvalue weighted by molar-refractivity contribution is 9.10. The summed E-state index contributed by atoms with van der Waals surface area (Å²) in [4.78, 5) is 25.1. The lowest BCUT2D eigenvalue weighted by Crippen LogP contribution is -2.16. The molecule has 0 aliphatic carbocycles. The van der Waals surface area contributed by atoms with Gasteiger partial charge in [-0.15, -0.1) is 0 Å². The molecule has 0 bridgehead atoms. The molecule has 0 spiro atoms. The molecule has 5 heteroatoms. The molecular formula is C25H26BrNO3. The molecule has 30 heavy (non-hydrogen) atoms. The van der Waals surface area contributed by atoms with Crippen molar-refractivity contribution in [2.24, 2.45) is 0 Å². The van der Waals surface area contributed by atoms with Crippen molar-refractivity contribution >= 4 is 27.7 Å². The molecule has 0 radical (unpaired) electrons. The summed E-state index contributed by atoms with van der Waals surface area (Å²) in [5.41, 5.74) is 4.89. The Kier molecular flexibility index (Phi) is 6.32. The van der Waals surface area contributed by atoms with Crippen molar-refractivity contribution in [1.82, 2.24) is 4.57 Å². The average molecular weight is 468 g/mol. The van der Waals surface area contributed by atoms with Gasteiger partial charge in [-0.2, -0.15) is 0 Å². The van der Waals surface area contributed by atoms with Gasteiger partial charge in [-0.1, -0.05) is 48.8 Å². The number of benzene rings is 2. The largest absolute Gasteiger partial charge is 0.454 e. The summed E-state index contributed by atoms with van der Waals surface area (Å²) in [6, 6.07) is 17.1. The Balaban J connectivity index is 1.71. The minimum absolute atomic E-state index is 0.00970. The van der Waals surface area contributed by atoms with Crippen LogP contribution >= 0.6 is 15.9 Å². The average Bonchev–Trinajstić information content (AvgIpc) is 3.00. The van der Waals surface area contributed by atoms with Crippen LogP contribution < -0.4 is 0 Å². The first kappa shape index (κ1) is 22.0. The van der Waals surface area contributed by atoms with Gasteiger partial charge in [0.05, 0.1) is 5.56 Å². The number of Topliss-reactive ketones (excluding diaryl/α,β-unsaturated/α-hetero) is 1. The molecule has 3 rings (SSSR count). The van der Waals surface area contributed by atoms with Crippen molar-refractivity contribution in [1.29, 1.82) is 0 Å². The highest BCUT2D eigenvalue weighted by Gasteiger charge is 2.19. The van der Waals surface area contributed by atoms with E-state index in [0.29, 0.717) is 11.1 Å². The van der Waals surface area contributed by atoms with Gasteiger partial charge < -0.3 is 9.30 Å². The molecule has 1 heterocycles. The van der Waals surface area contributed by atoms with Gasteiger partial charge in [-0.25, -0.2) is 4.79 Å². The molecule has 0 fully saturated rings. The third kappa shape index (κ3) is 4.73. The second-order valence-electron chi connectivity index (χ2n) is 8.42. The number of esters is 1. The van der Waals surface area contributed by atoms with E-state index in [1.54, 1.807) is 12.1 Å². The van der Waals surface area contributed by atoms with Crippen LogP contribution in [0, 0.1) is 13.8 Å². The maximum Gasteiger partial charge on any atom is 0.338 e. The molecule has 1 aromatic heterocycles. The maximum absolute atomic E-state index is 12.7. The molecule has 4 nitrogen and oxygen atoms in total. The first-order valence-electron chi connectivity index (χ1n) is 9.83. The molecule has 0 unspecified atom stereocenters. The van der Waals surface area contributed by atoms with Gasteiger partial charge >= 0.3 is 5.97 Å². The summed E-state index contributed by atoms with van der Waals surface area (Å²) in [6.45, 7) is 9.91. The number of rotatable bonds is 5. The lowest BCUT2D eigenvalue weighted by Gasteiger charge is -2.18. The van der Waals surface area contributed by atoms with Crippen molar-refractivity contribution in [2.45, 2.75) is 40.0 Å². The normalized spacial score (nSPS) is 11.4. The SMILES string of the molecule is Cc1cc(C(=O)COC(=O)c2ccc(C(C)(C)C)cc2)c(C)n1-c1ccc(Br)cc1. The van der Waals surface area contributed by atoms with Crippen molar-refractivity contribution < 1.29 is 14.3 Å². The molecule has 2 aromatic carbocycles. The zero-order valence-electron chi connectivity index (χ0n) is 18.0. The second kappa shape index (κ2) is 8.60. The Labute approximate surface area is 186 Å². The van der Waals surface area contributed by atoms with Crippen LogP contribution in [0.2, 0.25) is 0 Å². The van der Waals surface area contributed by atoms with Gasteiger partial charge in [0.2, 0.25) is 5.78 Å². The Morgan fingerprint density at radius 1 is 0.967 bits per heavy atom. The summed E-state index contributed by atoms with van der Waals surface area (Å²) in [5, 5.41) is 0. The predicted octanol–water partition coefficient (Wildman–Crippen LogP) is 6.19. The Bertz CT molecular complexity index is 1070. The molecule has 0 amide bonds. The van der Waals surface area contributed by atoms with E-state index >= 15 is 0 Å². The van der Waals surface area contributed by atoms with Gasteiger partial charge in [0.15, 0.2) is 6.61 Å². The van der Waals surface area contributed by atoms with Gasteiger partial charge in [0, 0.05) is 27.1 Å². The van der Waals surface area contributed by atoms with E-state index < -0.39 is 5.97 Å². The summed E-state index contributed by atoms with van der Waals surface area (Å²) < 4.78 is 8.30. The number of carbonyl (C=O) groups is 2. The fourth-order valence-electron chi connectivity index (χ4n) is 3.43. The van der Waals surface area contributed by atoms with Gasteiger partial charge in [-0.05, 0) is 67.3 Å². The molecule has 0 aliphatic heterocycles. The number of hydrogen-bond donors (Lipinski definition) is 0. The highest BCUT2D eigenvalue weighted by Crippen LogP contribution is 2.24. The van der Waals surface area contributed by atoms with E-state index in [1.165, 1.54) is 0 Å². The number of aromatic nitrogens is 1. The van der Waals surface area contributed by atoms with Crippen molar-refractivity contribution in [3.8, 4) is 5.69 Å². The first-order chi connectivity index (χ1) is 14.1. The second-order valence-corrected chi connectivity index (χ2v) is 9.34. The van der Waals surface area contributed by atoms with Crippen LogP contribution in [0.15, 0.2) is 59.1 Å². The van der Waals surface area contributed by atoms with Crippen molar-refractivity contribution in [2.75, 3.05) is 6.61 Å². The van der Waals surface area contributed by atoms with E-state index in [4.69, 9.17) is 4.74 Å². The lowest BCUT2D eigenvalue weighted by atomic mass is 9.87. The van der Waals surface area contributed by atoms with Gasteiger partial charge in [0.1, 0.15) is 0 Å². The maximum atomic E-state index is 12.7. The van der Waals surface area contributed by atoms with Gasteiger partial charge in [0.25, 0.3) is 0 Å². The Hall–Kier alpha value is -2.66. The van der Waals surface area contributed by atoms with Crippen LogP contribution in [0.5, 0.6) is 0 Å². The van der Waals surface area contributed by atoms with E-state index in [9.17, 15) is 9.59 Å². The topological polar surface area (TPSA) is 48.3 Å². The summed E-state index contributed by atoms with van der Waals surface area (Å²) >= 11 is 3.44. The summed E-state index contributed by atoms with van der Waals surface area (Å²) in [7, 11) is 0. The van der Waals surface area contributed by atoms with Crippen LogP contribution in [0.25, 0.3) is 5.69 Å². The van der Waals surface area contributed by atoms with Crippen molar-refractivity contribution in [3.63, 3.8) is 0 Å². The van der Waals surface area contributed by atoms with Gasteiger partial charge in [-0.3, -0.25) is 4.79 Å². The fraction of sp³-hybridized carbons (Fsp3) is 0.280. The van der Waals surface area contributed by atoms with Crippen LogP contribution in [-0.4, -0.2) is 22.9 Å².